The molecule has 1 aromatic carbocycles. The molecule has 6 heteroatoms. The van der Waals surface area contributed by atoms with Crippen LogP contribution in [0.1, 0.15) is 31.7 Å². The largest absolute Gasteiger partial charge is 0.463 e. The normalized spacial score (nSPS) is 18.5. The number of carbonyl (C=O) groups is 2. The van der Waals surface area contributed by atoms with Crippen molar-refractivity contribution in [2.75, 3.05) is 6.61 Å². The maximum absolute atomic E-state index is 12.2. The third-order valence-electron chi connectivity index (χ3n) is 3.31. The van der Waals surface area contributed by atoms with Gasteiger partial charge in [0.05, 0.1) is 12.2 Å². The predicted molar refractivity (Wildman–Crippen MR) is 81.3 cm³/mol. The van der Waals surface area contributed by atoms with E-state index in [-0.39, 0.29) is 18.9 Å². The van der Waals surface area contributed by atoms with Crippen LogP contribution in [-0.4, -0.2) is 18.5 Å². The highest BCUT2D eigenvalue weighted by Crippen LogP contribution is 2.40. The van der Waals surface area contributed by atoms with Crippen LogP contribution < -0.4 is 5.32 Å². The lowest BCUT2D eigenvalue weighted by Gasteiger charge is -2.27. The van der Waals surface area contributed by atoms with Crippen molar-refractivity contribution in [1.29, 1.82) is 0 Å². The van der Waals surface area contributed by atoms with E-state index < -0.39 is 11.9 Å². The van der Waals surface area contributed by atoms with Crippen LogP contribution in [0.3, 0.4) is 0 Å². The Hall–Kier alpha value is -1.52. The summed E-state index contributed by atoms with van der Waals surface area (Å²) >= 11 is 12.4. The second-order valence-electron chi connectivity index (χ2n) is 4.70. The molecule has 0 spiro atoms. The van der Waals surface area contributed by atoms with E-state index in [9.17, 15) is 9.59 Å². The van der Waals surface area contributed by atoms with Crippen molar-refractivity contribution in [3.05, 3.63) is 45.1 Å². The molecule has 1 N–H and O–H groups in total. The number of amides is 1. The van der Waals surface area contributed by atoms with Crippen molar-refractivity contribution in [2.24, 2.45) is 0 Å². The number of nitrogens with one attached hydrogen (secondary N) is 1. The van der Waals surface area contributed by atoms with Gasteiger partial charge in [-0.25, -0.2) is 4.79 Å². The average molecular weight is 328 g/mol. The zero-order chi connectivity index (χ0) is 15.6. The van der Waals surface area contributed by atoms with Gasteiger partial charge in [-0.15, -0.1) is 0 Å². The number of hydrogen-bond acceptors (Lipinski definition) is 3. The Morgan fingerprint density at radius 1 is 1.38 bits per heavy atom. The molecule has 0 aromatic heterocycles. The first-order valence-corrected chi connectivity index (χ1v) is 7.33. The number of ether oxygens (including phenoxy) is 1. The number of halogens is 2. The summed E-state index contributed by atoms with van der Waals surface area (Å²) in [5.41, 5.74) is 1.45. The first kappa shape index (κ1) is 15.9. The SMILES string of the molecule is CCOC(=O)C1=C(C)NC(=O)C[C@@H]1c1c(Cl)cccc1Cl. The summed E-state index contributed by atoms with van der Waals surface area (Å²) in [6.45, 7) is 3.65. The van der Waals surface area contributed by atoms with Crippen molar-refractivity contribution in [3.8, 4) is 0 Å². The third-order valence-corrected chi connectivity index (χ3v) is 3.97. The summed E-state index contributed by atoms with van der Waals surface area (Å²) < 4.78 is 5.08. The van der Waals surface area contributed by atoms with E-state index in [2.05, 4.69) is 5.32 Å². The molecule has 0 unspecified atom stereocenters. The molecule has 4 nitrogen and oxygen atoms in total. The summed E-state index contributed by atoms with van der Waals surface area (Å²) in [5.74, 6) is -1.14. The van der Waals surface area contributed by atoms with Crippen LogP contribution in [0.4, 0.5) is 0 Å². The van der Waals surface area contributed by atoms with Crippen LogP contribution in [0.2, 0.25) is 10.0 Å². The van der Waals surface area contributed by atoms with E-state index in [1.165, 1.54) is 0 Å². The molecule has 112 valence electrons. The zero-order valence-electron chi connectivity index (χ0n) is 11.7. The van der Waals surface area contributed by atoms with Crippen LogP contribution in [0.25, 0.3) is 0 Å². The van der Waals surface area contributed by atoms with Gasteiger partial charge in [0.25, 0.3) is 0 Å². The van der Waals surface area contributed by atoms with Crippen molar-refractivity contribution in [3.63, 3.8) is 0 Å². The van der Waals surface area contributed by atoms with Crippen molar-refractivity contribution < 1.29 is 14.3 Å². The molecular formula is C15H15Cl2NO3. The van der Waals surface area contributed by atoms with E-state index in [0.29, 0.717) is 26.9 Å². The molecule has 0 radical (unpaired) electrons. The summed E-state index contributed by atoms with van der Waals surface area (Å²) in [7, 11) is 0. The molecule has 1 aromatic rings. The molecule has 1 atom stereocenters. The van der Waals surface area contributed by atoms with E-state index in [1.807, 2.05) is 0 Å². The molecule has 1 heterocycles. The smallest absolute Gasteiger partial charge is 0.336 e. The van der Waals surface area contributed by atoms with Crippen molar-refractivity contribution in [2.45, 2.75) is 26.2 Å². The Bertz CT molecular complexity index is 605. The lowest BCUT2D eigenvalue weighted by Crippen LogP contribution is -2.34. The number of benzene rings is 1. The maximum atomic E-state index is 12.2. The highest BCUT2D eigenvalue weighted by Gasteiger charge is 2.34. The maximum Gasteiger partial charge on any atom is 0.336 e. The number of hydrogen-bond donors (Lipinski definition) is 1. The van der Waals surface area contributed by atoms with Gasteiger partial charge in [0.1, 0.15) is 0 Å². The van der Waals surface area contributed by atoms with Crippen molar-refractivity contribution in [1.82, 2.24) is 5.32 Å². The summed E-state index contributed by atoms with van der Waals surface area (Å²) in [5, 5.41) is 3.52. The van der Waals surface area contributed by atoms with Crippen LogP contribution in [0.15, 0.2) is 29.5 Å². The first-order valence-electron chi connectivity index (χ1n) is 6.57. The first-order chi connectivity index (χ1) is 9.95. The van der Waals surface area contributed by atoms with Crippen LogP contribution in [0, 0.1) is 0 Å². The van der Waals surface area contributed by atoms with E-state index in [1.54, 1.807) is 32.0 Å². The van der Waals surface area contributed by atoms with Gasteiger partial charge in [0.2, 0.25) is 5.91 Å². The number of rotatable bonds is 3. The Balaban J connectivity index is 2.55. The molecule has 0 saturated carbocycles. The van der Waals surface area contributed by atoms with Crippen LogP contribution >= 0.6 is 23.2 Å². The minimum Gasteiger partial charge on any atom is -0.463 e. The van der Waals surface area contributed by atoms with Crippen LogP contribution in [0.5, 0.6) is 0 Å². The van der Waals surface area contributed by atoms with Crippen molar-refractivity contribution >= 4 is 35.1 Å². The number of carbonyl (C=O) groups excluding carboxylic acids is 2. The second-order valence-corrected chi connectivity index (χ2v) is 5.51. The quantitative estimate of drug-likeness (QED) is 0.865. The standard InChI is InChI=1S/C15H15Cl2NO3/c1-3-21-15(20)13-8(2)18-12(19)7-9(13)14-10(16)5-4-6-11(14)17/h4-6,9H,3,7H2,1-2H3,(H,18,19)/t9-/m0/s1. The molecular weight excluding hydrogens is 313 g/mol. The molecule has 0 saturated heterocycles. The Labute approximate surface area is 133 Å². The highest BCUT2D eigenvalue weighted by molar-refractivity contribution is 6.36. The van der Waals surface area contributed by atoms with Crippen LogP contribution in [-0.2, 0) is 14.3 Å². The topological polar surface area (TPSA) is 55.4 Å². The van der Waals surface area contributed by atoms with Gasteiger partial charge in [-0.05, 0) is 31.5 Å². The molecule has 1 aliphatic heterocycles. The summed E-state index contributed by atoms with van der Waals surface area (Å²) in [6, 6.07) is 5.10. The fraction of sp³-hybridized carbons (Fsp3) is 0.333. The summed E-state index contributed by atoms with van der Waals surface area (Å²) in [6.07, 6.45) is 0.106. The van der Waals surface area contributed by atoms with Gasteiger partial charge >= 0.3 is 5.97 Å². The minimum absolute atomic E-state index is 0.106. The zero-order valence-corrected chi connectivity index (χ0v) is 13.2. The molecule has 1 amide bonds. The predicted octanol–water partition coefficient (Wildman–Crippen LogP) is 3.43. The fourth-order valence-corrected chi connectivity index (χ4v) is 3.13. The van der Waals surface area contributed by atoms with Gasteiger partial charge < -0.3 is 10.1 Å². The minimum atomic E-state index is -0.501. The molecule has 0 fully saturated rings. The summed E-state index contributed by atoms with van der Waals surface area (Å²) in [4.78, 5) is 24.0. The Morgan fingerprint density at radius 3 is 2.57 bits per heavy atom. The Kier molecular flexibility index (Phi) is 4.91. The fourth-order valence-electron chi connectivity index (χ4n) is 2.47. The molecule has 0 aliphatic carbocycles. The van der Waals surface area contributed by atoms with Gasteiger partial charge in [0.15, 0.2) is 0 Å². The molecule has 2 rings (SSSR count). The molecule has 1 aliphatic rings. The van der Waals surface area contributed by atoms with E-state index in [0.717, 1.165) is 0 Å². The number of allylic oxidation sites excluding steroid dienone is 1. The second kappa shape index (κ2) is 6.50. The van der Waals surface area contributed by atoms with E-state index in [4.69, 9.17) is 27.9 Å². The Morgan fingerprint density at radius 2 is 2.00 bits per heavy atom. The lowest BCUT2D eigenvalue weighted by atomic mass is 9.84. The van der Waals surface area contributed by atoms with E-state index >= 15 is 0 Å². The number of esters is 1. The average Bonchev–Trinajstić information content (AvgIpc) is 2.37. The molecule has 0 bridgehead atoms. The van der Waals surface area contributed by atoms with Gasteiger partial charge in [-0.3, -0.25) is 4.79 Å². The van der Waals surface area contributed by atoms with Gasteiger partial charge in [-0.1, -0.05) is 29.3 Å². The monoisotopic (exact) mass is 327 g/mol. The van der Waals surface area contributed by atoms with Gasteiger partial charge in [0, 0.05) is 28.1 Å². The highest BCUT2D eigenvalue weighted by atomic mass is 35.5. The third kappa shape index (κ3) is 3.22. The van der Waals surface area contributed by atoms with Gasteiger partial charge in [-0.2, -0.15) is 0 Å². The molecule has 21 heavy (non-hydrogen) atoms. The lowest BCUT2D eigenvalue weighted by molar-refractivity contribution is -0.139.